The number of hydrogen-bond donors (Lipinski definition) is 3. The Bertz CT molecular complexity index is 860. The van der Waals surface area contributed by atoms with Crippen LogP contribution in [0.1, 0.15) is 40.7 Å². The number of anilines is 3. The number of primary amides is 1. The first-order chi connectivity index (χ1) is 13.3. The topological polar surface area (TPSA) is 100 Å². The van der Waals surface area contributed by atoms with Gasteiger partial charge in [-0.15, -0.1) is 11.3 Å². The molecule has 7 nitrogen and oxygen atoms in total. The van der Waals surface area contributed by atoms with E-state index in [1.165, 1.54) is 17.8 Å². The number of benzene rings is 1. The molecule has 1 unspecified atom stereocenters. The highest BCUT2D eigenvalue weighted by atomic mass is 32.1. The van der Waals surface area contributed by atoms with Crippen LogP contribution in [0.15, 0.2) is 18.2 Å². The summed E-state index contributed by atoms with van der Waals surface area (Å²) in [6.45, 7) is 8.02. The van der Waals surface area contributed by atoms with E-state index in [1.807, 2.05) is 26.0 Å². The van der Waals surface area contributed by atoms with Crippen molar-refractivity contribution < 1.29 is 9.59 Å². The van der Waals surface area contributed by atoms with Crippen molar-refractivity contribution in [3.8, 4) is 0 Å². The minimum absolute atomic E-state index is 0.0793. The SMILES string of the molecule is Cc1nc(NC(=O)CNc2ccc(N3CCCC(C)C3)c(C(N)=O)c2)sc1C. The number of rotatable bonds is 6. The highest BCUT2D eigenvalue weighted by Gasteiger charge is 2.21. The van der Waals surface area contributed by atoms with Gasteiger partial charge in [-0.05, 0) is 50.8 Å². The lowest BCUT2D eigenvalue weighted by Crippen LogP contribution is -2.35. The van der Waals surface area contributed by atoms with Crippen LogP contribution in [-0.2, 0) is 4.79 Å². The second-order valence-electron chi connectivity index (χ2n) is 7.35. The molecule has 1 aliphatic heterocycles. The van der Waals surface area contributed by atoms with Gasteiger partial charge in [0.05, 0.1) is 17.8 Å². The van der Waals surface area contributed by atoms with E-state index in [0.717, 1.165) is 35.8 Å². The van der Waals surface area contributed by atoms with E-state index >= 15 is 0 Å². The summed E-state index contributed by atoms with van der Waals surface area (Å²) in [5, 5.41) is 6.44. The van der Waals surface area contributed by atoms with E-state index in [9.17, 15) is 9.59 Å². The number of thiazole rings is 1. The van der Waals surface area contributed by atoms with Crippen molar-refractivity contribution >= 4 is 39.7 Å². The predicted molar refractivity (Wildman–Crippen MR) is 114 cm³/mol. The van der Waals surface area contributed by atoms with Crippen molar-refractivity contribution in [2.75, 3.05) is 35.2 Å². The number of nitrogens with one attached hydrogen (secondary N) is 2. The molecule has 0 radical (unpaired) electrons. The van der Waals surface area contributed by atoms with Crippen LogP contribution >= 0.6 is 11.3 Å². The molecule has 2 heterocycles. The Balaban J connectivity index is 1.66. The van der Waals surface area contributed by atoms with Gasteiger partial charge < -0.3 is 21.3 Å². The lowest BCUT2D eigenvalue weighted by atomic mass is 9.98. The molecule has 2 aromatic rings. The van der Waals surface area contributed by atoms with Gasteiger partial charge in [-0.25, -0.2) is 4.98 Å². The van der Waals surface area contributed by atoms with E-state index < -0.39 is 5.91 Å². The number of nitrogens with zero attached hydrogens (tertiary/aromatic N) is 2. The summed E-state index contributed by atoms with van der Waals surface area (Å²) in [5.74, 6) is -0.0625. The zero-order chi connectivity index (χ0) is 20.3. The van der Waals surface area contributed by atoms with Crippen LogP contribution in [0, 0.1) is 19.8 Å². The van der Waals surface area contributed by atoms with E-state index in [1.54, 1.807) is 6.07 Å². The first-order valence-electron chi connectivity index (χ1n) is 9.50. The van der Waals surface area contributed by atoms with Gasteiger partial charge in [0.1, 0.15) is 0 Å². The maximum Gasteiger partial charge on any atom is 0.250 e. The fraction of sp³-hybridized carbons (Fsp3) is 0.450. The predicted octanol–water partition coefficient (Wildman–Crippen LogP) is 3.15. The summed E-state index contributed by atoms with van der Waals surface area (Å²) in [4.78, 5) is 31.8. The van der Waals surface area contributed by atoms with Crippen LogP contribution in [0.25, 0.3) is 0 Å². The number of amides is 2. The minimum Gasteiger partial charge on any atom is -0.376 e. The molecule has 2 amide bonds. The molecule has 8 heteroatoms. The monoisotopic (exact) mass is 401 g/mol. The molecule has 1 aromatic heterocycles. The van der Waals surface area contributed by atoms with Crippen LogP contribution in [0.3, 0.4) is 0 Å². The molecule has 3 rings (SSSR count). The summed E-state index contributed by atoms with van der Waals surface area (Å²) < 4.78 is 0. The van der Waals surface area contributed by atoms with Gasteiger partial charge in [0.15, 0.2) is 5.13 Å². The quantitative estimate of drug-likeness (QED) is 0.690. The first-order valence-corrected chi connectivity index (χ1v) is 10.3. The molecule has 0 spiro atoms. The van der Waals surface area contributed by atoms with Crippen molar-refractivity contribution in [2.45, 2.75) is 33.6 Å². The summed E-state index contributed by atoms with van der Waals surface area (Å²) in [6.07, 6.45) is 2.31. The maximum absolute atomic E-state index is 12.2. The third kappa shape index (κ3) is 4.81. The second kappa shape index (κ2) is 8.60. The lowest BCUT2D eigenvalue weighted by Gasteiger charge is -2.34. The maximum atomic E-state index is 12.2. The van der Waals surface area contributed by atoms with Crippen LogP contribution in [0.5, 0.6) is 0 Å². The second-order valence-corrected chi connectivity index (χ2v) is 8.56. The number of hydrogen-bond acceptors (Lipinski definition) is 6. The third-order valence-electron chi connectivity index (χ3n) is 4.99. The normalized spacial score (nSPS) is 16.7. The summed E-state index contributed by atoms with van der Waals surface area (Å²) in [5.41, 5.74) is 8.56. The highest BCUT2D eigenvalue weighted by Crippen LogP contribution is 2.28. The minimum atomic E-state index is -0.463. The van der Waals surface area contributed by atoms with Crippen molar-refractivity contribution in [1.82, 2.24) is 4.98 Å². The number of aryl methyl sites for hydroxylation is 2. The van der Waals surface area contributed by atoms with Gasteiger partial charge in [0.25, 0.3) is 5.91 Å². The molecular formula is C20H27N5O2S. The van der Waals surface area contributed by atoms with Crippen molar-refractivity contribution in [1.29, 1.82) is 0 Å². The zero-order valence-corrected chi connectivity index (χ0v) is 17.4. The van der Waals surface area contributed by atoms with E-state index in [2.05, 4.69) is 27.4 Å². The number of piperidine rings is 1. The van der Waals surface area contributed by atoms with E-state index in [-0.39, 0.29) is 12.5 Å². The Kier molecular flexibility index (Phi) is 6.18. The van der Waals surface area contributed by atoms with Gasteiger partial charge >= 0.3 is 0 Å². The average molecular weight is 402 g/mol. The number of nitrogens with two attached hydrogens (primary N) is 1. The van der Waals surface area contributed by atoms with Gasteiger partial charge in [0, 0.05) is 29.3 Å². The van der Waals surface area contributed by atoms with Crippen LogP contribution < -0.4 is 21.3 Å². The van der Waals surface area contributed by atoms with Gasteiger partial charge in [-0.3, -0.25) is 9.59 Å². The van der Waals surface area contributed by atoms with Gasteiger partial charge in [-0.1, -0.05) is 6.92 Å². The molecule has 1 atom stereocenters. The standard InChI is InChI=1S/C20H27N5O2S/c1-12-5-4-8-25(11-12)17-7-6-15(9-16(17)19(21)27)22-10-18(26)24-20-23-13(2)14(3)28-20/h6-7,9,12,22H,4-5,8,10-11H2,1-3H3,(H2,21,27)(H,23,24,26). The van der Waals surface area contributed by atoms with Crippen LogP contribution in [-0.4, -0.2) is 36.4 Å². The first kappa shape index (κ1) is 20.1. The molecule has 1 saturated heterocycles. The third-order valence-corrected chi connectivity index (χ3v) is 5.98. The van der Waals surface area contributed by atoms with Crippen LogP contribution in [0.2, 0.25) is 0 Å². The van der Waals surface area contributed by atoms with Gasteiger partial charge in [-0.2, -0.15) is 0 Å². The number of aromatic nitrogens is 1. The average Bonchev–Trinajstić information content (AvgIpc) is 2.96. The van der Waals surface area contributed by atoms with Crippen molar-refractivity contribution in [3.63, 3.8) is 0 Å². The van der Waals surface area contributed by atoms with Gasteiger partial charge in [0.2, 0.25) is 5.91 Å². The Hall–Kier alpha value is -2.61. The molecule has 1 fully saturated rings. The smallest absolute Gasteiger partial charge is 0.250 e. The molecule has 0 aliphatic carbocycles. The largest absolute Gasteiger partial charge is 0.376 e. The molecule has 0 saturated carbocycles. The molecule has 150 valence electrons. The summed E-state index contributed by atoms with van der Waals surface area (Å²) >= 11 is 1.45. The number of carbonyl (C=O) groups excluding carboxylic acids is 2. The Morgan fingerprint density at radius 2 is 2.14 bits per heavy atom. The highest BCUT2D eigenvalue weighted by molar-refractivity contribution is 7.15. The molecule has 28 heavy (non-hydrogen) atoms. The summed E-state index contributed by atoms with van der Waals surface area (Å²) in [6, 6.07) is 5.51. The van der Waals surface area contributed by atoms with Crippen LogP contribution in [0.4, 0.5) is 16.5 Å². The Labute approximate surface area is 169 Å². The molecular weight excluding hydrogens is 374 g/mol. The molecule has 4 N–H and O–H groups in total. The van der Waals surface area contributed by atoms with Crippen molar-refractivity contribution in [2.24, 2.45) is 11.7 Å². The fourth-order valence-electron chi connectivity index (χ4n) is 3.40. The summed E-state index contributed by atoms with van der Waals surface area (Å²) in [7, 11) is 0. The van der Waals surface area contributed by atoms with E-state index in [0.29, 0.717) is 22.3 Å². The number of carbonyl (C=O) groups is 2. The molecule has 0 bridgehead atoms. The lowest BCUT2D eigenvalue weighted by molar-refractivity contribution is -0.114. The Morgan fingerprint density at radius 3 is 2.79 bits per heavy atom. The molecule has 1 aromatic carbocycles. The Morgan fingerprint density at radius 1 is 1.36 bits per heavy atom. The van der Waals surface area contributed by atoms with Crippen molar-refractivity contribution in [3.05, 3.63) is 34.3 Å². The zero-order valence-electron chi connectivity index (χ0n) is 16.5. The van der Waals surface area contributed by atoms with E-state index in [4.69, 9.17) is 5.73 Å². The fourth-order valence-corrected chi connectivity index (χ4v) is 4.23. The molecule has 1 aliphatic rings.